The highest BCUT2D eigenvalue weighted by Gasteiger charge is 2.31. The van der Waals surface area contributed by atoms with Gasteiger partial charge in [-0.15, -0.1) is 11.6 Å². The van der Waals surface area contributed by atoms with Gasteiger partial charge in [-0.25, -0.2) is 9.97 Å². The SMILES string of the molecule is CC(C)(C(N)=O)n1c(CCCl)nc2cccnc21. The van der Waals surface area contributed by atoms with Gasteiger partial charge in [0.2, 0.25) is 5.91 Å². The van der Waals surface area contributed by atoms with E-state index in [2.05, 4.69) is 9.97 Å². The molecule has 0 bridgehead atoms. The van der Waals surface area contributed by atoms with Crippen molar-refractivity contribution in [3.05, 3.63) is 24.2 Å². The van der Waals surface area contributed by atoms with Gasteiger partial charge in [0.1, 0.15) is 16.9 Å². The standard InChI is InChI=1S/C12H15ClN4O/c1-12(2,11(14)18)17-9(5-6-13)16-8-4-3-7-15-10(8)17/h3-4,7H,5-6H2,1-2H3,(H2,14,18). The van der Waals surface area contributed by atoms with Gasteiger partial charge in [0.15, 0.2) is 5.65 Å². The molecule has 0 atom stereocenters. The fourth-order valence-electron chi connectivity index (χ4n) is 1.91. The van der Waals surface area contributed by atoms with Gasteiger partial charge < -0.3 is 5.73 Å². The fourth-order valence-corrected chi connectivity index (χ4v) is 2.08. The van der Waals surface area contributed by atoms with Crippen molar-refractivity contribution in [3.63, 3.8) is 0 Å². The third kappa shape index (κ3) is 1.95. The molecular formula is C12H15ClN4O. The monoisotopic (exact) mass is 266 g/mol. The molecule has 0 aliphatic rings. The average Bonchev–Trinajstić information content (AvgIpc) is 2.67. The van der Waals surface area contributed by atoms with E-state index in [4.69, 9.17) is 17.3 Å². The van der Waals surface area contributed by atoms with E-state index in [1.807, 2.05) is 6.07 Å². The molecule has 0 aliphatic carbocycles. The van der Waals surface area contributed by atoms with Gasteiger partial charge in [0, 0.05) is 18.5 Å². The van der Waals surface area contributed by atoms with Crippen LogP contribution in [0.2, 0.25) is 0 Å². The number of carbonyl (C=O) groups excluding carboxylic acids is 1. The summed E-state index contributed by atoms with van der Waals surface area (Å²) in [6.45, 7) is 3.51. The van der Waals surface area contributed by atoms with E-state index in [1.54, 1.807) is 30.7 Å². The van der Waals surface area contributed by atoms with E-state index in [-0.39, 0.29) is 0 Å². The quantitative estimate of drug-likeness (QED) is 0.851. The first-order chi connectivity index (χ1) is 8.48. The van der Waals surface area contributed by atoms with Gasteiger partial charge >= 0.3 is 0 Å². The zero-order valence-electron chi connectivity index (χ0n) is 10.4. The number of nitrogens with zero attached hydrogens (tertiary/aromatic N) is 3. The van der Waals surface area contributed by atoms with Crippen molar-refractivity contribution < 1.29 is 4.79 Å². The van der Waals surface area contributed by atoms with Crippen LogP contribution in [-0.2, 0) is 16.8 Å². The summed E-state index contributed by atoms with van der Waals surface area (Å²) in [7, 11) is 0. The van der Waals surface area contributed by atoms with Crippen LogP contribution in [-0.4, -0.2) is 26.3 Å². The first-order valence-electron chi connectivity index (χ1n) is 5.67. The Morgan fingerprint density at radius 3 is 2.89 bits per heavy atom. The number of primary amides is 1. The van der Waals surface area contributed by atoms with Gasteiger partial charge in [-0.3, -0.25) is 9.36 Å². The maximum Gasteiger partial charge on any atom is 0.243 e. The van der Waals surface area contributed by atoms with E-state index in [9.17, 15) is 4.79 Å². The van der Waals surface area contributed by atoms with Crippen molar-refractivity contribution >= 4 is 28.7 Å². The van der Waals surface area contributed by atoms with Gasteiger partial charge in [0.05, 0.1) is 0 Å². The molecule has 2 aromatic heterocycles. The molecule has 96 valence electrons. The van der Waals surface area contributed by atoms with Gasteiger partial charge in [-0.2, -0.15) is 0 Å². The summed E-state index contributed by atoms with van der Waals surface area (Å²) in [4.78, 5) is 20.4. The molecule has 1 amide bonds. The predicted octanol–water partition coefficient (Wildman–Crippen LogP) is 1.43. The van der Waals surface area contributed by atoms with Crippen LogP contribution in [0.1, 0.15) is 19.7 Å². The molecule has 2 aromatic rings. The lowest BCUT2D eigenvalue weighted by molar-refractivity contribution is -0.125. The van der Waals surface area contributed by atoms with Gasteiger partial charge in [-0.1, -0.05) is 0 Å². The Balaban J connectivity index is 2.73. The number of aryl methyl sites for hydroxylation is 1. The molecule has 0 fully saturated rings. The highest BCUT2D eigenvalue weighted by atomic mass is 35.5. The number of pyridine rings is 1. The molecular weight excluding hydrogens is 252 g/mol. The van der Waals surface area contributed by atoms with Crippen LogP contribution in [0.15, 0.2) is 18.3 Å². The van der Waals surface area contributed by atoms with Crippen molar-refractivity contribution in [2.75, 3.05) is 5.88 Å². The number of hydrogen-bond donors (Lipinski definition) is 1. The van der Waals surface area contributed by atoms with E-state index in [0.29, 0.717) is 17.9 Å². The minimum atomic E-state index is -0.884. The van der Waals surface area contributed by atoms with Crippen LogP contribution in [0, 0.1) is 0 Å². The normalized spacial score (nSPS) is 11.9. The van der Waals surface area contributed by atoms with Gasteiger partial charge in [-0.05, 0) is 26.0 Å². The van der Waals surface area contributed by atoms with Crippen molar-refractivity contribution in [1.82, 2.24) is 14.5 Å². The molecule has 0 spiro atoms. The van der Waals surface area contributed by atoms with E-state index < -0.39 is 11.4 Å². The molecule has 0 aliphatic heterocycles. The van der Waals surface area contributed by atoms with Crippen LogP contribution in [0.3, 0.4) is 0 Å². The third-order valence-electron chi connectivity index (χ3n) is 2.97. The highest BCUT2D eigenvalue weighted by Crippen LogP contribution is 2.24. The van der Waals surface area contributed by atoms with E-state index in [1.165, 1.54) is 0 Å². The molecule has 2 heterocycles. The summed E-state index contributed by atoms with van der Waals surface area (Å²) in [5.41, 5.74) is 5.98. The lowest BCUT2D eigenvalue weighted by Crippen LogP contribution is -2.42. The van der Waals surface area contributed by atoms with E-state index >= 15 is 0 Å². The Bertz CT molecular complexity index is 591. The number of hydrogen-bond acceptors (Lipinski definition) is 3. The lowest BCUT2D eigenvalue weighted by atomic mass is 10.0. The number of aromatic nitrogens is 3. The number of nitrogens with two attached hydrogens (primary N) is 1. The summed E-state index contributed by atoms with van der Waals surface area (Å²) in [5.74, 6) is 0.726. The number of fused-ring (bicyclic) bond motifs is 1. The minimum Gasteiger partial charge on any atom is -0.368 e. The minimum absolute atomic E-state index is 0.428. The zero-order chi connectivity index (χ0) is 13.3. The molecule has 0 aromatic carbocycles. The maximum atomic E-state index is 11.6. The topological polar surface area (TPSA) is 73.8 Å². The van der Waals surface area contributed by atoms with Crippen LogP contribution >= 0.6 is 11.6 Å². The first-order valence-corrected chi connectivity index (χ1v) is 6.20. The molecule has 0 saturated heterocycles. The Kier molecular flexibility index (Phi) is 3.26. The van der Waals surface area contributed by atoms with Gasteiger partial charge in [0.25, 0.3) is 0 Å². The third-order valence-corrected chi connectivity index (χ3v) is 3.15. The molecule has 0 radical (unpaired) electrons. The second-order valence-electron chi connectivity index (χ2n) is 4.57. The largest absolute Gasteiger partial charge is 0.368 e. The smallest absolute Gasteiger partial charge is 0.243 e. The van der Waals surface area contributed by atoms with Crippen molar-refractivity contribution in [1.29, 1.82) is 0 Å². The van der Waals surface area contributed by atoms with Crippen LogP contribution in [0.5, 0.6) is 0 Å². The van der Waals surface area contributed by atoms with E-state index in [0.717, 1.165) is 11.3 Å². The summed E-state index contributed by atoms with van der Waals surface area (Å²) in [6, 6.07) is 3.66. The van der Waals surface area contributed by atoms with Crippen molar-refractivity contribution in [2.45, 2.75) is 25.8 Å². The Morgan fingerprint density at radius 1 is 1.56 bits per heavy atom. The summed E-state index contributed by atoms with van der Waals surface area (Å²) in [5, 5.41) is 0. The predicted molar refractivity (Wildman–Crippen MR) is 70.5 cm³/mol. The number of carbonyl (C=O) groups is 1. The second kappa shape index (κ2) is 4.57. The molecule has 0 unspecified atom stereocenters. The highest BCUT2D eigenvalue weighted by molar-refractivity contribution is 6.17. The van der Waals surface area contributed by atoms with Crippen LogP contribution in [0.25, 0.3) is 11.2 Å². The number of alkyl halides is 1. The lowest BCUT2D eigenvalue weighted by Gasteiger charge is -2.25. The Hall–Kier alpha value is -1.62. The first kappa shape index (κ1) is 12.8. The van der Waals surface area contributed by atoms with Crippen molar-refractivity contribution in [2.24, 2.45) is 5.73 Å². The number of amides is 1. The summed E-state index contributed by atoms with van der Waals surface area (Å²) >= 11 is 5.78. The Morgan fingerprint density at radius 2 is 2.28 bits per heavy atom. The molecule has 6 heteroatoms. The zero-order valence-corrected chi connectivity index (χ0v) is 11.1. The van der Waals surface area contributed by atoms with Crippen LogP contribution in [0.4, 0.5) is 0 Å². The molecule has 2 N–H and O–H groups in total. The summed E-state index contributed by atoms with van der Waals surface area (Å²) < 4.78 is 1.77. The number of rotatable bonds is 4. The molecule has 0 saturated carbocycles. The fraction of sp³-hybridized carbons (Fsp3) is 0.417. The van der Waals surface area contributed by atoms with Crippen LogP contribution < -0.4 is 5.73 Å². The molecule has 2 rings (SSSR count). The molecule has 18 heavy (non-hydrogen) atoms. The van der Waals surface area contributed by atoms with Crippen molar-refractivity contribution in [3.8, 4) is 0 Å². The number of imidazole rings is 1. The Labute approximate surface area is 110 Å². The average molecular weight is 267 g/mol. The number of halogens is 1. The second-order valence-corrected chi connectivity index (χ2v) is 4.95. The maximum absolute atomic E-state index is 11.6. The molecule has 5 nitrogen and oxygen atoms in total. The summed E-state index contributed by atoms with van der Waals surface area (Å²) in [6.07, 6.45) is 2.23.